The van der Waals surface area contributed by atoms with Crippen molar-refractivity contribution in [2.75, 3.05) is 13.6 Å². The molecule has 1 saturated heterocycles. The predicted molar refractivity (Wildman–Crippen MR) is 61.9 cm³/mol. The Morgan fingerprint density at radius 2 is 2.13 bits per heavy atom. The summed E-state index contributed by atoms with van der Waals surface area (Å²) in [6.07, 6.45) is 5.14. The van der Waals surface area contributed by atoms with Gasteiger partial charge in [0, 0.05) is 6.04 Å². The monoisotopic (exact) mass is 205 g/mol. The number of benzene rings is 1. The van der Waals surface area contributed by atoms with E-state index in [-0.39, 0.29) is 0 Å². The maximum absolute atomic E-state index is 9.48. The van der Waals surface area contributed by atoms with Gasteiger partial charge in [-0.15, -0.1) is 0 Å². The van der Waals surface area contributed by atoms with Crippen molar-refractivity contribution in [3.63, 3.8) is 0 Å². The predicted octanol–water partition coefficient (Wildman–Crippen LogP) is 2.94. The van der Waals surface area contributed by atoms with Crippen molar-refractivity contribution in [1.82, 2.24) is 4.90 Å². The molecule has 0 aromatic heterocycles. The van der Waals surface area contributed by atoms with Gasteiger partial charge in [0.2, 0.25) is 0 Å². The van der Waals surface area contributed by atoms with Crippen LogP contribution in [0, 0.1) is 0 Å². The van der Waals surface area contributed by atoms with Gasteiger partial charge in [-0.05, 0) is 44.1 Å². The van der Waals surface area contributed by atoms with E-state index in [1.807, 2.05) is 12.1 Å². The number of phenolic OH excluding ortho intramolecular Hbond substituents is 1. The smallest absolute Gasteiger partial charge is 0.115 e. The third-order valence-corrected chi connectivity index (χ3v) is 3.28. The van der Waals surface area contributed by atoms with Gasteiger partial charge in [-0.3, -0.25) is 4.90 Å². The molecule has 1 unspecified atom stereocenters. The van der Waals surface area contributed by atoms with E-state index in [9.17, 15) is 5.11 Å². The molecule has 2 heteroatoms. The summed E-state index contributed by atoms with van der Waals surface area (Å²) in [6.45, 7) is 1.17. The van der Waals surface area contributed by atoms with Crippen molar-refractivity contribution in [2.24, 2.45) is 0 Å². The van der Waals surface area contributed by atoms with Crippen LogP contribution in [0.5, 0.6) is 5.75 Å². The van der Waals surface area contributed by atoms with Crippen LogP contribution in [0.3, 0.4) is 0 Å². The quantitative estimate of drug-likeness (QED) is 0.762. The minimum absolute atomic E-state index is 0.380. The average molecular weight is 205 g/mol. The fraction of sp³-hybridized carbons (Fsp3) is 0.538. The molecule has 2 nitrogen and oxygen atoms in total. The SMILES string of the molecule is CN1CCCCCC1c1cccc(O)c1. The summed E-state index contributed by atoms with van der Waals surface area (Å²) < 4.78 is 0. The second kappa shape index (κ2) is 4.67. The first-order valence-electron chi connectivity index (χ1n) is 5.76. The summed E-state index contributed by atoms with van der Waals surface area (Å²) in [5, 5.41) is 9.48. The molecule has 1 aromatic carbocycles. The number of phenols is 1. The second-order valence-corrected chi connectivity index (χ2v) is 4.44. The van der Waals surface area contributed by atoms with Crippen LogP contribution in [0.2, 0.25) is 0 Å². The minimum atomic E-state index is 0.380. The van der Waals surface area contributed by atoms with Crippen LogP contribution in [-0.4, -0.2) is 23.6 Å². The normalized spacial score (nSPS) is 23.7. The van der Waals surface area contributed by atoms with Gasteiger partial charge in [-0.1, -0.05) is 25.0 Å². The molecule has 2 rings (SSSR count). The zero-order valence-electron chi connectivity index (χ0n) is 9.32. The Morgan fingerprint density at radius 3 is 2.93 bits per heavy atom. The van der Waals surface area contributed by atoms with E-state index in [2.05, 4.69) is 18.0 Å². The summed E-state index contributed by atoms with van der Waals surface area (Å²) >= 11 is 0. The van der Waals surface area contributed by atoms with Crippen LogP contribution < -0.4 is 0 Å². The first-order chi connectivity index (χ1) is 7.27. The molecule has 82 valence electrons. The molecular weight excluding hydrogens is 186 g/mol. The van der Waals surface area contributed by atoms with Crippen LogP contribution >= 0.6 is 0 Å². The van der Waals surface area contributed by atoms with Gasteiger partial charge in [0.25, 0.3) is 0 Å². The molecule has 0 amide bonds. The highest BCUT2D eigenvalue weighted by atomic mass is 16.3. The Kier molecular flexibility index (Phi) is 3.27. The molecule has 1 aliphatic heterocycles. The number of hydrogen-bond acceptors (Lipinski definition) is 2. The van der Waals surface area contributed by atoms with E-state index in [1.165, 1.54) is 37.8 Å². The summed E-state index contributed by atoms with van der Waals surface area (Å²) in [6, 6.07) is 8.17. The van der Waals surface area contributed by atoms with Crippen LogP contribution in [0.1, 0.15) is 37.3 Å². The first kappa shape index (κ1) is 10.5. The van der Waals surface area contributed by atoms with E-state index in [0.29, 0.717) is 11.8 Å². The van der Waals surface area contributed by atoms with Gasteiger partial charge in [-0.25, -0.2) is 0 Å². The zero-order chi connectivity index (χ0) is 10.7. The van der Waals surface area contributed by atoms with Crippen LogP contribution in [0.4, 0.5) is 0 Å². The van der Waals surface area contributed by atoms with Gasteiger partial charge in [0.1, 0.15) is 5.75 Å². The van der Waals surface area contributed by atoms with Gasteiger partial charge in [0.15, 0.2) is 0 Å². The van der Waals surface area contributed by atoms with Crippen molar-refractivity contribution in [3.05, 3.63) is 29.8 Å². The molecule has 1 aromatic rings. The van der Waals surface area contributed by atoms with Crippen molar-refractivity contribution in [3.8, 4) is 5.75 Å². The lowest BCUT2D eigenvalue weighted by molar-refractivity contribution is 0.250. The summed E-state index contributed by atoms with van der Waals surface area (Å²) in [7, 11) is 2.18. The molecule has 0 aliphatic carbocycles. The van der Waals surface area contributed by atoms with Gasteiger partial charge < -0.3 is 5.11 Å². The van der Waals surface area contributed by atoms with E-state index >= 15 is 0 Å². The second-order valence-electron chi connectivity index (χ2n) is 4.44. The van der Waals surface area contributed by atoms with E-state index in [1.54, 1.807) is 6.07 Å². The van der Waals surface area contributed by atoms with Crippen LogP contribution in [0.15, 0.2) is 24.3 Å². The maximum atomic E-state index is 9.48. The molecular formula is C13H19NO. The topological polar surface area (TPSA) is 23.5 Å². The van der Waals surface area contributed by atoms with E-state index < -0.39 is 0 Å². The minimum Gasteiger partial charge on any atom is -0.508 e. The molecule has 0 radical (unpaired) electrons. The largest absolute Gasteiger partial charge is 0.508 e. The lowest BCUT2D eigenvalue weighted by Crippen LogP contribution is -2.23. The van der Waals surface area contributed by atoms with Crippen molar-refractivity contribution < 1.29 is 5.11 Å². The highest BCUT2D eigenvalue weighted by Gasteiger charge is 2.19. The standard InChI is InChI=1S/C13H19NO/c1-14-9-4-2-3-8-13(14)11-6-5-7-12(15)10-11/h5-7,10,13,15H,2-4,8-9H2,1H3. The Morgan fingerprint density at radius 1 is 1.27 bits per heavy atom. The first-order valence-corrected chi connectivity index (χ1v) is 5.76. The molecule has 1 N–H and O–H groups in total. The number of aromatic hydroxyl groups is 1. The van der Waals surface area contributed by atoms with Crippen LogP contribution in [0.25, 0.3) is 0 Å². The molecule has 0 spiro atoms. The lowest BCUT2D eigenvalue weighted by Gasteiger charge is -2.26. The van der Waals surface area contributed by atoms with Gasteiger partial charge in [-0.2, -0.15) is 0 Å². The maximum Gasteiger partial charge on any atom is 0.115 e. The fourth-order valence-corrected chi connectivity index (χ4v) is 2.41. The average Bonchev–Trinajstić information content (AvgIpc) is 2.43. The van der Waals surface area contributed by atoms with Crippen molar-refractivity contribution in [1.29, 1.82) is 0 Å². The Balaban J connectivity index is 2.20. The summed E-state index contributed by atoms with van der Waals surface area (Å²) in [5.74, 6) is 0.380. The number of likely N-dealkylation sites (tertiary alicyclic amines) is 1. The third-order valence-electron chi connectivity index (χ3n) is 3.28. The van der Waals surface area contributed by atoms with Gasteiger partial charge >= 0.3 is 0 Å². The van der Waals surface area contributed by atoms with E-state index in [0.717, 1.165) is 0 Å². The molecule has 1 heterocycles. The van der Waals surface area contributed by atoms with Crippen molar-refractivity contribution in [2.45, 2.75) is 31.7 Å². The number of rotatable bonds is 1. The number of hydrogen-bond donors (Lipinski definition) is 1. The molecule has 1 fully saturated rings. The molecule has 0 saturated carbocycles. The van der Waals surface area contributed by atoms with Crippen LogP contribution in [-0.2, 0) is 0 Å². The summed E-state index contributed by atoms with van der Waals surface area (Å²) in [5.41, 5.74) is 1.25. The molecule has 1 aliphatic rings. The Labute approximate surface area is 91.5 Å². The summed E-state index contributed by atoms with van der Waals surface area (Å²) in [4.78, 5) is 2.40. The molecule has 0 bridgehead atoms. The molecule has 15 heavy (non-hydrogen) atoms. The van der Waals surface area contributed by atoms with E-state index in [4.69, 9.17) is 0 Å². The molecule has 1 atom stereocenters. The van der Waals surface area contributed by atoms with Gasteiger partial charge in [0.05, 0.1) is 0 Å². The highest BCUT2D eigenvalue weighted by molar-refractivity contribution is 5.29. The van der Waals surface area contributed by atoms with Crippen molar-refractivity contribution >= 4 is 0 Å². The lowest BCUT2D eigenvalue weighted by atomic mass is 10.0. The Bertz CT molecular complexity index is 324. The zero-order valence-corrected chi connectivity index (χ0v) is 9.32. The highest BCUT2D eigenvalue weighted by Crippen LogP contribution is 2.30. The Hall–Kier alpha value is -1.02. The number of nitrogens with zero attached hydrogens (tertiary/aromatic N) is 1. The fourth-order valence-electron chi connectivity index (χ4n) is 2.41. The third kappa shape index (κ3) is 2.51.